The van der Waals surface area contributed by atoms with Crippen molar-refractivity contribution < 1.29 is 14.3 Å². The number of nitrogens with one attached hydrogen (secondary N) is 1. The van der Waals surface area contributed by atoms with Gasteiger partial charge in [-0.25, -0.2) is 0 Å². The minimum atomic E-state index is -0.106. The maximum absolute atomic E-state index is 13.0. The van der Waals surface area contributed by atoms with Gasteiger partial charge in [-0.3, -0.25) is 9.78 Å². The molecule has 2 aliphatic heterocycles. The molecule has 2 aromatic heterocycles. The van der Waals surface area contributed by atoms with Crippen LogP contribution in [-0.2, 0) is 16.1 Å². The number of rotatable bonds is 6. The zero-order valence-electron chi connectivity index (χ0n) is 17.8. The lowest BCUT2D eigenvalue weighted by Crippen LogP contribution is -2.49. The summed E-state index contributed by atoms with van der Waals surface area (Å²) in [6.45, 7) is 3.54. The van der Waals surface area contributed by atoms with Gasteiger partial charge in [-0.1, -0.05) is 24.3 Å². The summed E-state index contributed by atoms with van der Waals surface area (Å²) in [6, 6.07) is 15.8. The SMILES string of the molecule is O=C(c1cc2ccccc2[nH]1)N1CCC2(CC1)OCCC2CCOCc1ccccn1. The van der Waals surface area contributed by atoms with Gasteiger partial charge < -0.3 is 19.4 Å². The van der Waals surface area contributed by atoms with Gasteiger partial charge in [-0.05, 0) is 55.9 Å². The van der Waals surface area contributed by atoms with Crippen LogP contribution in [0.4, 0.5) is 0 Å². The van der Waals surface area contributed by atoms with Gasteiger partial charge in [-0.2, -0.15) is 0 Å². The second kappa shape index (κ2) is 8.81. The van der Waals surface area contributed by atoms with Crippen LogP contribution >= 0.6 is 0 Å². The Morgan fingerprint density at radius 3 is 2.84 bits per heavy atom. The molecule has 1 aromatic carbocycles. The highest BCUT2D eigenvalue weighted by atomic mass is 16.5. The molecule has 0 aliphatic carbocycles. The molecule has 0 radical (unpaired) electrons. The Kier molecular flexibility index (Phi) is 5.74. The van der Waals surface area contributed by atoms with E-state index in [1.807, 2.05) is 53.4 Å². The summed E-state index contributed by atoms with van der Waals surface area (Å²) in [6.07, 6.45) is 5.64. The van der Waals surface area contributed by atoms with Gasteiger partial charge in [0.25, 0.3) is 5.91 Å². The van der Waals surface area contributed by atoms with Crippen LogP contribution in [0.15, 0.2) is 54.7 Å². The van der Waals surface area contributed by atoms with Crippen LogP contribution in [0.5, 0.6) is 0 Å². The molecule has 0 saturated carbocycles. The number of carbonyl (C=O) groups is 1. The Morgan fingerprint density at radius 1 is 1.19 bits per heavy atom. The predicted molar refractivity (Wildman–Crippen MR) is 119 cm³/mol. The fraction of sp³-hybridized carbons (Fsp3) is 0.440. The number of hydrogen-bond donors (Lipinski definition) is 1. The zero-order valence-corrected chi connectivity index (χ0v) is 17.8. The summed E-state index contributed by atoms with van der Waals surface area (Å²) in [5, 5.41) is 1.07. The Labute approximate surface area is 182 Å². The first-order valence-corrected chi connectivity index (χ1v) is 11.2. The highest BCUT2D eigenvalue weighted by Crippen LogP contribution is 2.42. The molecular weight excluding hydrogens is 390 g/mol. The molecule has 0 bridgehead atoms. The number of piperidine rings is 1. The smallest absolute Gasteiger partial charge is 0.270 e. The number of nitrogens with zero attached hydrogens (tertiary/aromatic N) is 2. The topological polar surface area (TPSA) is 67.5 Å². The van der Waals surface area contributed by atoms with Gasteiger partial charge in [0, 0.05) is 43.4 Å². The van der Waals surface area contributed by atoms with Crippen LogP contribution in [0, 0.1) is 5.92 Å². The van der Waals surface area contributed by atoms with Crippen molar-refractivity contribution in [1.82, 2.24) is 14.9 Å². The number of pyridine rings is 1. The fourth-order valence-electron chi connectivity index (χ4n) is 5.08. The second-order valence-electron chi connectivity index (χ2n) is 8.62. The van der Waals surface area contributed by atoms with Crippen LogP contribution in [0.2, 0.25) is 0 Å². The molecule has 2 saturated heterocycles. The third-order valence-corrected chi connectivity index (χ3v) is 6.84. The first kappa shape index (κ1) is 20.2. The third-order valence-electron chi connectivity index (χ3n) is 6.84. The fourth-order valence-corrected chi connectivity index (χ4v) is 5.08. The van der Waals surface area contributed by atoms with Crippen molar-refractivity contribution in [1.29, 1.82) is 0 Å². The van der Waals surface area contributed by atoms with E-state index < -0.39 is 0 Å². The van der Waals surface area contributed by atoms with E-state index in [0.29, 0.717) is 24.8 Å². The van der Waals surface area contributed by atoms with Gasteiger partial charge in [0.15, 0.2) is 0 Å². The van der Waals surface area contributed by atoms with Crippen molar-refractivity contribution >= 4 is 16.8 Å². The van der Waals surface area contributed by atoms with Crippen molar-refractivity contribution in [3.05, 3.63) is 66.1 Å². The average molecular weight is 420 g/mol. The number of benzene rings is 1. The van der Waals surface area contributed by atoms with Crippen molar-refractivity contribution in [2.75, 3.05) is 26.3 Å². The molecule has 2 fully saturated rings. The number of fused-ring (bicyclic) bond motifs is 1. The normalized spacial score (nSPS) is 20.5. The maximum atomic E-state index is 13.0. The molecule has 1 atom stereocenters. The molecule has 6 nitrogen and oxygen atoms in total. The second-order valence-corrected chi connectivity index (χ2v) is 8.62. The van der Waals surface area contributed by atoms with Crippen LogP contribution in [0.3, 0.4) is 0 Å². The zero-order chi connectivity index (χ0) is 21.1. The lowest BCUT2D eigenvalue weighted by atomic mass is 9.78. The maximum Gasteiger partial charge on any atom is 0.270 e. The molecule has 1 amide bonds. The molecule has 31 heavy (non-hydrogen) atoms. The molecule has 5 rings (SSSR count). The quantitative estimate of drug-likeness (QED) is 0.609. The molecular formula is C25H29N3O3. The van der Waals surface area contributed by atoms with Crippen molar-refractivity contribution in [3.8, 4) is 0 Å². The summed E-state index contributed by atoms with van der Waals surface area (Å²) in [7, 11) is 0. The monoisotopic (exact) mass is 419 g/mol. The molecule has 1 N–H and O–H groups in total. The van der Waals surface area contributed by atoms with Crippen LogP contribution in [-0.4, -0.2) is 52.7 Å². The Hall–Kier alpha value is -2.70. The van der Waals surface area contributed by atoms with Crippen molar-refractivity contribution in [2.45, 2.75) is 37.9 Å². The van der Waals surface area contributed by atoms with E-state index in [1.165, 1.54) is 0 Å². The number of aromatic amines is 1. The van der Waals surface area contributed by atoms with E-state index in [0.717, 1.165) is 62.0 Å². The predicted octanol–water partition coefficient (Wildman–Crippen LogP) is 4.18. The molecule has 2 aliphatic rings. The van der Waals surface area contributed by atoms with E-state index in [9.17, 15) is 4.79 Å². The molecule has 6 heteroatoms. The molecule has 162 valence electrons. The summed E-state index contributed by atoms with van der Waals surface area (Å²) in [5.74, 6) is 0.570. The average Bonchev–Trinajstić information content (AvgIpc) is 3.42. The first-order chi connectivity index (χ1) is 15.2. The summed E-state index contributed by atoms with van der Waals surface area (Å²) < 4.78 is 12.2. The van der Waals surface area contributed by atoms with Gasteiger partial charge in [0.1, 0.15) is 5.69 Å². The van der Waals surface area contributed by atoms with E-state index in [-0.39, 0.29) is 11.5 Å². The van der Waals surface area contributed by atoms with Gasteiger partial charge in [0.05, 0.1) is 17.9 Å². The van der Waals surface area contributed by atoms with E-state index in [4.69, 9.17) is 9.47 Å². The number of likely N-dealkylation sites (tertiary alicyclic amines) is 1. The molecule has 4 heterocycles. The molecule has 3 aromatic rings. The van der Waals surface area contributed by atoms with E-state index in [2.05, 4.69) is 9.97 Å². The number of hydrogen-bond acceptors (Lipinski definition) is 4. The first-order valence-electron chi connectivity index (χ1n) is 11.2. The lowest BCUT2D eigenvalue weighted by Gasteiger charge is -2.42. The Morgan fingerprint density at radius 2 is 2.03 bits per heavy atom. The number of aromatic nitrogens is 2. The minimum Gasteiger partial charge on any atom is -0.375 e. The van der Waals surface area contributed by atoms with Gasteiger partial charge in [-0.15, -0.1) is 0 Å². The van der Waals surface area contributed by atoms with Gasteiger partial charge in [0.2, 0.25) is 0 Å². The minimum absolute atomic E-state index is 0.0827. The highest BCUT2D eigenvalue weighted by Gasteiger charge is 2.46. The Balaban J connectivity index is 1.15. The van der Waals surface area contributed by atoms with E-state index >= 15 is 0 Å². The third kappa shape index (κ3) is 4.23. The van der Waals surface area contributed by atoms with Gasteiger partial charge >= 0.3 is 0 Å². The van der Waals surface area contributed by atoms with Crippen molar-refractivity contribution in [3.63, 3.8) is 0 Å². The lowest BCUT2D eigenvalue weighted by molar-refractivity contribution is -0.0676. The van der Waals surface area contributed by atoms with Crippen LogP contribution < -0.4 is 0 Å². The number of amides is 1. The standard InChI is InChI=1S/C25H29N3O3/c29-24(23-17-19-5-1-2-7-22(19)27-23)28-13-10-25(11-14-28)20(9-16-31-25)8-15-30-18-21-6-3-4-12-26-21/h1-7,12,17,20,27H,8-11,13-16,18H2. The summed E-state index contributed by atoms with van der Waals surface area (Å²) in [4.78, 5) is 22.6. The van der Waals surface area contributed by atoms with E-state index in [1.54, 1.807) is 6.20 Å². The number of para-hydroxylation sites is 1. The molecule has 1 spiro atoms. The number of ether oxygens (including phenoxy) is 2. The van der Waals surface area contributed by atoms with Crippen molar-refractivity contribution in [2.24, 2.45) is 5.92 Å². The largest absolute Gasteiger partial charge is 0.375 e. The molecule has 1 unspecified atom stereocenters. The number of H-pyrrole nitrogens is 1. The Bertz CT molecular complexity index is 992. The van der Waals surface area contributed by atoms with Crippen LogP contribution in [0.25, 0.3) is 10.9 Å². The number of carbonyl (C=O) groups excluding carboxylic acids is 1. The van der Waals surface area contributed by atoms with Crippen LogP contribution in [0.1, 0.15) is 41.9 Å². The summed E-state index contributed by atoms with van der Waals surface area (Å²) in [5.41, 5.74) is 2.53. The highest BCUT2D eigenvalue weighted by molar-refractivity contribution is 5.98. The summed E-state index contributed by atoms with van der Waals surface area (Å²) >= 11 is 0.